The van der Waals surface area contributed by atoms with E-state index in [9.17, 15) is 0 Å². The molecule has 8 nitrogen and oxygen atoms in total. The van der Waals surface area contributed by atoms with E-state index in [1.54, 1.807) is 0 Å². The molecular formula is C61H33N7O. The predicted molar refractivity (Wildman–Crippen MR) is 275 cm³/mol. The second kappa shape index (κ2) is 13.6. The van der Waals surface area contributed by atoms with Gasteiger partial charge in [-0.1, -0.05) is 97.1 Å². The van der Waals surface area contributed by atoms with E-state index in [0.717, 1.165) is 100 Å². The topological polar surface area (TPSA) is 58.5 Å². The van der Waals surface area contributed by atoms with Crippen LogP contribution in [0.2, 0.25) is 0 Å². The number of benzene rings is 8. The van der Waals surface area contributed by atoms with Crippen molar-refractivity contribution in [2.45, 2.75) is 5.41 Å². The Hall–Kier alpha value is -9.76. The highest BCUT2D eigenvalue weighted by Crippen LogP contribution is 2.62. The Morgan fingerprint density at radius 1 is 0.377 bits per heavy atom. The third-order valence-electron chi connectivity index (χ3n) is 14.6. The highest BCUT2D eigenvalue weighted by atomic mass is 16.5. The van der Waals surface area contributed by atoms with Gasteiger partial charge in [0.15, 0.2) is 11.4 Å². The lowest BCUT2D eigenvalue weighted by molar-refractivity contribution is 0.436. The number of nitrogens with zero attached hydrogens (tertiary/aromatic N) is 7. The van der Waals surface area contributed by atoms with E-state index >= 15 is 0 Å². The van der Waals surface area contributed by atoms with Crippen LogP contribution in [0.4, 0.5) is 11.4 Å². The minimum atomic E-state index is -0.837. The fraction of sp³-hybridized carbons (Fsp3) is 0.0164. The van der Waals surface area contributed by atoms with E-state index in [1.807, 2.05) is 60.9 Å². The zero-order valence-electron chi connectivity index (χ0n) is 36.6. The van der Waals surface area contributed by atoms with Crippen molar-refractivity contribution >= 4 is 76.8 Å². The second-order valence-corrected chi connectivity index (χ2v) is 17.9. The van der Waals surface area contributed by atoms with Crippen molar-refractivity contribution in [2.24, 2.45) is 0 Å². The molecule has 0 saturated carbocycles. The van der Waals surface area contributed by atoms with Gasteiger partial charge in [0.25, 0.3) is 0 Å². The van der Waals surface area contributed by atoms with Crippen molar-refractivity contribution in [1.82, 2.24) is 23.7 Å². The fourth-order valence-electron chi connectivity index (χ4n) is 11.8. The first kappa shape index (κ1) is 37.5. The van der Waals surface area contributed by atoms with Crippen molar-refractivity contribution in [2.75, 3.05) is 0 Å². The van der Waals surface area contributed by atoms with E-state index in [0.29, 0.717) is 11.4 Å². The standard InChI is InChI=1S/C61H33N7O/c1-62-36-21-26-54-44(30-36)45-31-37(63-2)22-27-55(45)68(54)40-33-50-60(65-35-40)59-49(16-11-29-64-59)61(50)47-15-6-10-20-57(47)69-58-34-39(23-25-48(58)61)67-53-19-9-5-14-43(53)46-32-38(24-28-56(46)67)66-51-17-7-3-12-41(51)42-13-4-8-18-52(42)66/h3-35H. The molecule has 69 heavy (non-hydrogen) atoms. The van der Waals surface area contributed by atoms with Crippen molar-refractivity contribution in [3.05, 3.63) is 246 Å². The van der Waals surface area contributed by atoms with Crippen LogP contribution in [0.1, 0.15) is 22.3 Å². The molecule has 13 aromatic rings. The maximum Gasteiger partial charge on any atom is 0.188 e. The van der Waals surface area contributed by atoms with Crippen LogP contribution in [0, 0.1) is 13.1 Å². The first-order valence-corrected chi connectivity index (χ1v) is 22.9. The quantitative estimate of drug-likeness (QED) is 0.166. The van der Waals surface area contributed by atoms with Crippen molar-refractivity contribution in [3.8, 4) is 39.9 Å². The molecule has 8 aromatic carbocycles. The molecule has 5 aromatic heterocycles. The lowest BCUT2D eigenvalue weighted by Gasteiger charge is -2.39. The summed E-state index contributed by atoms with van der Waals surface area (Å²) in [6.07, 6.45) is 3.77. The number of aromatic nitrogens is 5. The summed E-state index contributed by atoms with van der Waals surface area (Å²) in [6.45, 7) is 15.6. The zero-order chi connectivity index (χ0) is 45.5. The molecule has 0 saturated heterocycles. The van der Waals surface area contributed by atoms with Crippen LogP contribution in [0.3, 0.4) is 0 Å². The number of rotatable bonds is 3. The molecule has 8 heteroatoms. The first-order valence-electron chi connectivity index (χ1n) is 22.9. The molecule has 0 fully saturated rings. The highest BCUT2D eigenvalue weighted by Gasteiger charge is 2.52. The zero-order valence-corrected chi connectivity index (χ0v) is 36.6. The monoisotopic (exact) mass is 879 g/mol. The smallest absolute Gasteiger partial charge is 0.188 e. The normalized spacial score (nSPS) is 14.5. The molecule has 0 radical (unpaired) electrons. The van der Waals surface area contributed by atoms with Crippen LogP contribution in [-0.4, -0.2) is 23.7 Å². The number of ether oxygens (including phenoxy) is 1. The summed E-state index contributed by atoms with van der Waals surface area (Å²) in [7, 11) is 0. The minimum Gasteiger partial charge on any atom is -0.457 e. The van der Waals surface area contributed by atoms with Crippen LogP contribution >= 0.6 is 0 Å². The molecule has 318 valence electrons. The van der Waals surface area contributed by atoms with E-state index in [4.69, 9.17) is 27.8 Å². The van der Waals surface area contributed by atoms with E-state index < -0.39 is 5.41 Å². The molecule has 2 aliphatic rings. The molecule has 1 aliphatic heterocycles. The average Bonchev–Trinajstić information content (AvgIpc) is 4.12. The van der Waals surface area contributed by atoms with Gasteiger partial charge in [0.1, 0.15) is 11.5 Å². The van der Waals surface area contributed by atoms with Crippen LogP contribution in [0.15, 0.2) is 200 Å². The van der Waals surface area contributed by atoms with Gasteiger partial charge >= 0.3 is 0 Å². The van der Waals surface area contributed by atoms with Gasteiger partial charge in [0.05, 0.1) is 74.9 Å². The highest BCUT2D eigenvalue weighted by molar-refractivity contribution is 6.13. The van der Waals surface area contributed by atoms with Gasteiger partial charge in [-0.15, -0.1) is 0 Å². The summed E-state index contributed by atoms with van der Waals surface area (Å²) in [6, 6.07) is 65.8. The van der Waals surface area contributed by atoms with Crippen molar-refractivity contribution in [3.63, 3.8) is 0 Å². The lowest BCUT2D eigenvalue weighted by atomic mass is 9.66. The molecule has 1 atom stereocenters. The maximum absolute atomic E-state index is 7.80. The molecule has 1 unspecified atom stereocenters. The van der Waals surface area contributed by atoms with Crippen LogP contribution in [0.25, 0.3) is 104 Å². The van der Waals surface area contributed by atoms with Gasteiger partial charge in [-0.05, 0) is 101 Å². The minimum absolute atomic E-state index is 0.544. The Labute approximate surface area is 394 Å². The Morgan fingerprint density at radius 3 is 1.54 bits per heavy atom. The summed E-state index contributed by atoms with van der Waals surface area (Å²) in [5.41, 5.74) is 15.3. The molecule has 0 bridgehead atoms. The van der Waals surface area contributed by atoms with Crippen molar-refractivity contribution < 1.29 is 4.74 Å². The fourth-order valence-corrected chi connectivity index (χ4v) is 11.8. The van der Waals surface area contributed by atoms with Gasteiger partial charge in [0.2, 0.25) is 0 Å². The Kier molecular flexibility index (Phi) is 7.41. The lowest BCUT2D eigenvalue weighted by Crippen LogP contribution is -2.32. The molecule has 15 rings (SSSR count). The Morgan fingerprint density at radius 2 is 0.870 bits per heavy atom. The average molecular weight is 880 g/mol. The van der Waals surface area contributed by atoms with E-state index in [1.165, 1.54) is 27.2 Å². The Balaban J connectivity index is 0.957. The summed E-state index contributed by atoms with van der Waals surface area (Å²) >= 11 is 0. The van der Waals surface area contributed by atoms with Gasteiger partial charge in [-0.3, -0.25) is 9.97 Å². The number of pyridine rings is 2. The first-order chi connectivity index (χ1) is 34.1. The van der Waals surface area contributed by atoms with Gasteiger partial charge in [-0.2, -0.15) is 0 Å². The summed E-state index contributed by atoms with van der Waals surface area (Å²) in [5, 5.41) is 6.61. The third kappa shape index (κ3) is 4.88. The van der Waals surface area contributed by atoms with Crippen LogP contribution < -0.4 is 4.74 Å². The molecule has 0 N–H and O–H groups in total. The van der Waals surface area contributed by atoms with E-state index in [-0.39, 0.29) is 0 Å². The number of hydrogen-bond acceptors (Lipinski definition) is 3. The van der Waals surface area contributed by atoms with Gasteiger partial charge in [-0.25, -0.2) is 9.69 Å². The molecule has 1 aliphatic carbocycles. The molecule has 6 heterocycles. The SMILES string of the molecule is [C-]#[N+]c1ccc2c(c1)c1cc([N+]#[C-])ccc1n2-c1cnc2c(c1)C1(c3ccccc3Oc3cc(-n4c5ccccc5c5cc(-n6c7ccccc7c7ccccc76)ccc54)ccc31)c1cccnc1-2. The third-order valence-corrected chi connectivity index (χ3v) is 14.6. The van der Waals surface area contributed by atoms with Crippen LogP contribution in [-0.2, 0) is 5.41 Å². The number of hydrogen-bond donors (Lipinski definition) is 0. The van der Waals surface area contributed by atoms with Gasteiger partial charge < -0.3 is 18.4 Å². The van der Waals surface area contributed by atoms with E-state index in [2.05, 4.69) is 163 Å². The van der Waals surface area contributed by atoms with Gasteiger partial charge in [0, 0.05) is 61.9 Å². The van der Waals surface area contributed by atoms with Crippen molar-refractivity contribution in [1.29, 1.82) is 0 Å². The number of fused-ring (bicyclic) bond motifs is 18. The van der Waals surface area contributed by atoms with Crippen LogP contribution in [0.5, 0.6) is 11.5 Å². The molecule has 1 spiro atoms. The number of para-hydroxylation sites is 4. The Bertz CT molecular complexity index is 4390. The molecule has 0 amide bonds. The summed E-state index contributed by atoms with van der Waals surface area (Å²) < 4.78 is 14.0. The summed E-state index contributed by atoms with van der Waals surface area (Å²) in [4.78, 5) is 17.8. The second-order valence-electron chi connectivity index (χ2n) is 17.9. The molecular weight excluding hydrogens is 847 g/mol. The predicted octanol–water partition coefficient (Wildman–Crippen LogP) is 15.3. The largest absolute Gasteiger partial charge is 0.457 e. The maximum atomic E-state index is 7.80. The summed E-state index contributed by atoms with van der Waals surface area (Å²) in [5.74, 6) is 1.52.